The van der Waals surface area contributed by atoms with Crippen LogP contribution in [0, 0.1) is 0 Å². The molecule has 0 radical (unpaired) electrons. The lowest BCUT2D eigenvalue weighted by atomic mass is 9.91. The SMILES string of the molecule is CCC[C@]1(COC)CCCN1C(=O)Nc1cc(CC)nn1C. The molecule has 1 aromatic heterocycles. The third-order valence-electron chi connectivity index (χ3n) is 4.50. The molecule has 0 aromatic carbocycles. The fourth-order valence-corrected chi connectivity index (χ4v) is 3.46. The average Bonchev–Trinajstić information content (AvgIpc) is 3.04. The van der Waals surface area contributed by atoms with Gasteiger partial charge in [-0.25, -0.2) is 4.79 Å². The van der Waals surface area contributed by atoms with Gasteiger partial charge < -0.3 is 9.64 Å². The molecule has 0 spiro atoms. The van der Waals surface area contributed by atoms with Crippen molar-refractivity contribution in [3.05, 3.63) is 11.8 Å². The highest BCUT2D eigenvalue weighted by molar-refractivity contribution is 5.89. The zero-order chi connectivity index (χ0) is 16.2. The van der Waals surface area contributed by atoms with Crippen LogP contribution in [0.2, 0.25) is 0 Å². The Labute approximate surface area is 132 Å². The molecule has 6 nitrogen and oxygen atoms in total. The number of methoxy groups -OCH3 is 1. The molecule has 1 atom stereocenters. The first-order chi connectivity index (χ1) is 10.6. The number of hydrogen-bond donors (Lipinski definition) is 1. The second-order valence-corrected chi connectivity index (χ2v) is 6.09. The normalized spacial score (nSPS) is 21.4. The van der Waals surface area contributed by atoms with Crippen molar-refractivity contribution in [1.29, 1.82) is 0 Å². The quantitative estimate of drug-likeness (QED) is 0.879. The molecule has 22 heavy (non-hydrogen) atoms. The van der Waals surface area contributed by atoms with E-state index in [2.05, 4.69) is 24.3 Å². The summed E-state index contributed by atoms with van der Waals surface area (Å²) >= 11 is 0. The number of hydrogen-bond acceptors (Lipinski definition) is 3. The maximum atomic E-state index is 12.7. The number of likely N-dealkylation sites (tertiary alicyclic amines) is 1. The lowest BCUT2D eigenvalue weighted by molar-refractivity contribution is 0.0539. The van der Waals surface area contributed by atoms with Gasteiger partial charge in [0.15, 0.2) is 0 Å². The summed E-state index contributed by atoms with van der Waals surface area (Å²) in [7, 11) is 3.56. The van der Waals surface area contributed by atoms with Crippen molar-refractivity contribution in [2.24, 2.45) is 7.05 Å². The molecule has 1 aromatic rings. The lowest BCUT2D eigenvalue weighted by Crippen LogP contribution is -2.52. The van der Waals surface area contributed by atoms with Gasteiger partial charge in [0, 0.05) is 26.8 Å². The molecule has 6 heteroatoms. The summed E-state index contributed by atoms with van der Waals surface area (Å²) in [5.41, 5.74) is 0.815. The molecule has 2 rings (SSSR count). The van der Waals surface area contributed by atoms with Crippen molar-refractivity contribution in [1.82, 2.24) is 14.7 Å². The number of carbonyl (C=O) groups is 1. The molecule has 2 amide bonds. The Bertz CT molecular complexity index is 506. The van der Waals surface area contributed by atoms with E-state index >= 15 is 0 Å². The van der Waals surface area contributed by atoms with Crippen molar-refractivity contribution < 1.29 is 9.53 Å². The van der Waals surface area contributed by atoms with E-state index in [1.54, 1.807) is 11.8 Å². The zero-order valence-electron chi connectivity index (χ0n) is 14.2. The first-order valence-electron chi connectivity index (χ1n) is 8.16. The van der Waals surface area contributed by atoms with Crippen LogP contribution in [0.3, 0.4) is 0 Å². The van der Waals surface area contributed by atoms with Gasteiger partial charge in [0.1, 0.15) is 5.82 Å². The van der Waals surface area contributed by atoms with Gasteiger partial charge in [-0.2, -0.15) is 5.10 Å². The topological polar surface area (TPSA) is 59.4 Å². The third kappa shape index (κ3) is 3.27. The van der Waals surface area contributed by atoms with E-state index in [9.17, 15) is 4.79 Å². The Morgan fingerprint density at radius 2 is 2.27 bits per heavy atom. The summed E-state index contributed by atoms with van der Waals surface area (Å²) in [6.45, 7) is 5.59. The predicted molar refractivity (Wildman–Crippen MR) is 87.1 cm³/mol. The summed E-state index contributed by atoms with van der Waals surface area (Å²) in [5.74, 6) is 0.747. The fraction of sp³-hybridized carbons (Fsp3) is 0.750. The number of ether oxygens (including phenoxy) is 1. The number of nitrogens with zero attached hydrogens (tertiary/aromatic N) is 3. The summed E-state index contributed by atoms with van der Waals surface area (Å²) < 4.78 is 7.15. The molecule has 124 valence electrons. The standard InChI is InChI=1S/C16H28N4O2/c1-5-8-16(12-22-4)9-7-10-20(16)15(21)17-14-11-13(6-2)18-19(14)3/h11H,5-10,12H2,1-4H3,(H,17,21)/t16-/m1/s1. The van der Waals surface area contributed by atoms with E-state index in [1.807, 2.05) is 18.0 Å². The number of rotatable bonds is 6. The van der Waals surface area contributed by atoms with Crippen molar-refractivity contribution >= 4 is 11.8 Å². The maximum Gasteiger partial charge on any atom is 0.323 e. The molecule has 0 bridgehead atoms. The van der Waals surface area contributed by atoms with Gasteiger partial charge >= 0.3 is 6.03 Å². The maximum absolute atomic E-state index is 12.7. The van der Waals surface area contributed by atoms with Crippen LogP contribution in [0.4, 0.5) is 10.6 Å². The van der Waals surface area contributed by atoms with Crippen LogP contribution in [0.15, 0.2) is 6.07 Å². The average molecular weight is 308 g/mol. The molecule has 0 unspecified atom stereocenters. The van der Waals surface area contributed by atoms with E-state index in [0.717, 1.165) is 50.2 Å². The molecular formula is C16H28N4O2. The van der Waals surface area contributed by atoms with Crippen LogP contribution < -0.4 is 5.32 Å². The minimum absolute atomic E-state index is 0.0475. The molecule has 2 heterocycles. The monoisotopic (exact) mass is 308 g/mol. The third-order valence-corrected chi connectivity index (χ3v) is 4.50. The van der Waals surface area contributed by atoms with E-state index in [-0.39, 0.29) is 11.6 Å². The largest absolute Gasteiger partial charge is 0.382 e. The second-order valence-electron chi connectivity index (χ2n) is 6.09. The smallest absolute Gasteiger partial charge is 0.323 e. The molecule has 1 saturated heterocycles. The number of aryl methyl sites for hydroxylation is 2. The molecule has 1 fully saturated rings. The van der Waals surface area contributed by atoms with Crippen molar-refractivity contribution in [3.63, 3.8) is 0 Å². The fourth-order valence-electron chi connectivity index (χ4n) is 3.46. The first-order valence-corrected chi connectivity index (χ1v) is 8.16. The molecule has 0 aliphatic carbocycles. The minimum atomic E-state index is -0.167. The number of anilines is 1. The summed E-state index contributed by atoms with van der Waals surface area (Å²) in [5, 5.41) is 7.39. The van der Waals surface area contributed by atoms with Crippen LogP contribution in [0.1, 0.15) is 45.2 Å². The molecule has 1 N–H and O–H groups in total. The number of amides is 2. The van der Waals surface area contributed by atoms with Crippen molar-refractivity contribution in [2.75, 3.05) is 25.6 Å². The Hall–Kier alpha value is -1.56. The van der Waals surface area contributed by atoms with E-state index < -0.39 is 0 Å². The lowest BCUT2D eigenvalue weighted by Gasteiger charge is -2.38. The Morgan fingerprint density at radius 3 is 2.86 bits per heavy atom. The molecule has 1 aliphatic heterocycles. The van der Waals surface area contributed by atoms with Crippen LogP contribution in [-0.4, -0.2) is 46.5 Å². The van der Waals surface area contributed by atoms with Crippen molar-refractivity contribution in [2.45, 2.75) is 51.5 Å². The summed E-state index contributed by atoms with van der Waals surface area (Å²) in [6.07, 6.45) is 4.91. The zero-order valence-corrected chi connectivity index (χ0v) is 14.2. The minimum Gasteiger partial charge on any atom is -0.382 e. The molecule has 0 saturated carbocycles. The van der Waals surface area contributed by atoms with Gasteiger partial charge in [0.2, 0.25) is 0 Å². The molecular weight excluding hydrogens is 280 g/mol. The van der Waals surface area contributed by atoms with E-state index in [1.165, 1.54) is 0 Å². The molecule has 1 aliphatic rings. The number of urea groups is 1. The Kier molecular flexibility index (Phi) is 5.45. The van der Waals surface area contributed by atoms with Gasteiger partial charge in [-0.05, 0) is 25.7 Å². The van der Waals surface area contributed by atoms with Gasteiger partial charge in [-0.3, -0.25) is 10.00 Å². The highest BCUT2D eigenvalue weighted by Crippen LogP contribution is 2.34. The van der Waals surface area contributed by atoms with Gasteiger partial charge in [-0.15, -0.1) is 0 Å². The van der Waals surface area contributed by atoms with Gasteiger partial charge in [-0.1, -0.05) is 20.3 Å². The highest BCUT2D eigenvalue weighted by Gasteiger charge is 2.43. The van der Waals surface area contributed by atoms with Gasteiger partial charge in [0.25, 0.3) is 0 Å². The summed E-state index contributed by atoms with van der Waals surface area (Å²) in [6, 6.07) is 1.89. The number of nitrogens with one attached hydrogen (secondary N) is 1. The van der Waals surface area contributed by atoms with Crippen molar-refractivity contribution in [3.8, 4) is 0 Å². The highest BCUT2D eigenvalue weighted by atomic mass is 16.5. The van der Waals surface area contributed by atoms with E-state index in [4.69, 9.17) is 4.74 Å². The van der Waals surface area contributed by atoms with Crippen LogP contribution in [-0.2, 0) is 18.2 Å². The van der Waals surface area contributed by atoms with Crippen LogP contribution >= 0.6 is 0 Å². The number of aromatic nitrogens is 2. The van der Waals surface area contributed by atoms with Crippen LogP contribution in [0.25, 0.3) is 0 Å². The Balaban J connectivity index is 2.14. The van der Waals surface area contributed by atoms with Crippen LogP contribution in [0.5, 0.6) is 0 Å². The summed E-state index contributed by atoms with van der Waals surface area (Å²) in [4.78, 5) is 14.7. The van der Waals surface area contributed by atoms with Gasteiger partial charge in [0.05, 0.1) is 17.8 Å². The predicted octanol–water partition coefficient (Wildman–Crippen LogP) is 2.80. The van der Waals surface area contributed by atoms with E-state index in [0.29, 0.717) is 6.61 Å². The second kappa shape index (κ2) is 7.13. The first kappa shape index (κ1) is 16.8. The Morgan fingerprint density at radius 1 is 1.50 bits per heavy atom. The number of carbonyl (C=O) groups excluding carboxylic acids is 1.